The lowest BCUT2D eigenvalue weighted by molar-refractivity contribution is 0.474. The third-order valence-corrected chi connectivity index (χ3v) is 2.28. The minimum absolute atomic E-state index is 0.359. The number of hydrogen-bond acceptors (Lipinski definition) is 1. The van der Waals surface area contributed by atoms with E-state index in [0.29, 0.717) is 5.75 Å². The Kier molecular flexibility index (Phi) is 3.13. The molecule has 0 heterocycles. The van der Waals surface area contributed by atoms with Crippen LogP contribution in [0.2, 0.25) is 0 Å². The van der Waals surface area contributed by atoms with Crippen LogP contribution in [0.4, 0.5) is 0 Å². The van der Waals surface area contributed by atoms with Crippen LogP contribution in [0.1, 0.15) is 23.1 Å². The van der Waals surface area contributed by atoms with Crippen molar-refractivity contribution in [2.45, 2.75) is 26.7 Å². The monoisotopic (exact) mass is 176 g/mol. The van der Waals surface area contributed by atoms with E-state index in [4.69, 9.17) is 0 Å². The summed E-state index contributed by atoms with van der Waals surface area (Å²) in [5.41, 5.74) is 3.66. The van der Waals surface area contributed by atoms with Crippen molar-refractivity contribution < 1.29 is 5.11 Å². The molecule has 0 saturated carbocycles. The molecule has 70 valence electrons. The summed E-state index contributed by atoms with van der Waals surface area (Å²) in [6, 6.07) is 3.62. The topological polar surface area (TPSA) is 20.2 Å². The van der Waals surface area contributed by atoms with Crippen LogP contribution >= 0.6 is 0 Å². The lowest BCUT2D eigenvalue weighted by Crippen LogP contribution is -1.92. The molecule has 0 saturated heterocycles. The van der Waals surface area contributed by atoms with E-state index >= 15 is 0 Å². The van der Waals surface area contributed by atoms with Crippen molar-refractivity contribution >= 4 is 0 Å². The minimum Gasteiger partial charge on any atom is -0.508 e. The fourth-order valence-corrected chi connectivity index (χ4v) is 1.61. The first kappa shape index (κ1) is 9.85. The molecule has 1 heteroatoms. The van der Waals surface area contributed by atoms with Crippen LogP contribution in [0.15, 0.2) is 24.8 Å². The molecule has 0 aliphatic carbocycles. The molecular weight excluding hydrogens is 160 g/mol. The van der Waals surface area contributed by atoms with Crippen molar-refractivity contribution in [2.24, 2.45) is 0 Å². The number of aromatic hydroxyl groups is 1. The van der Waals surface area contributed by atoms with Gasteiger partial charge in [0.15, 0.2) is 0 Å². The summed E-state index contributed by atoms with van der Waals surface area (Å²) in [4.78, 5) is 0. The number of hydrogen-bond donors (Lipinski definition) is 1. The molecule has 0 aromatic heterocycles. The highest BCUT2D eigenvalue weighted by Gasteiger charge is 2.03. The second-order valence-corrected chi connectivity index (χ2v) is 3.39. The zero-order valence-electron chi connectivity index (χ0n) is 8.30. The van der Waals surface area contributed by atoms with Crippen LogP contribution in [-0.2, 0) is 6.42 Å². The summed E-state index contributed by atoms with van der Waals surface area (Å²) in [5.74, 6) is 0.359. The molecule has 1 aromatic carbocycles. The largest absolute Gasteiger partial charge is 0.508 e. The van der Waals surface area contributed by atoms with E-state index in [-0.39, 0.29) is 0 Å². The molecule has 1 N–H and O–H groups in total. The molecule has 0 spiro atoms. The van der Waals surface area contributed by atoms with Gasteiger partial charge in [-0.15, -0.1) is 6.58 Å². The highest BCUT2D eigenvalue weighted by atomic mass is 16.3. The van der Waals surface area contributed by atoms with E-state index in [1.807, 2.05) is 32.1 Å². The van der Waals surface area contributed by atoms with E-state index in [9.17, 15) is 5.11 Å². The van der Waals surface area contributed by atoms with Crippen molar-refractivity contribution in [3.8, 4) is 5.75 Å². The molecule has 0 fully saturated rings. The third kappa shape index (κ3) is 2.35. The maximum atomic E-state index is 9.32. The third-order valence-electron chi connectivity index (χ3n) is 2.28. The Labute approximate surface area is 79.7 Å². The molecule has 1 nitrogen and oxygen atoms in total. The quantitative estimate of drug-likeness (QED) is 0.701. The Morgan fingerprint density at radius 3 is 2.31 bits per heavy atom. The molecule has 0 aliphatic heterocycles. The summed E-state index contributed by atoms with van der Waals surface area (Å²) < 4.78 is 0. The smallest absolute Gasteiger partial charge is 0.116 e. The summed E-state index contributed by atoms with van der Waals surface area (Å²) in [5, 5.41) is 9.32. The summed E-state index contributed by atoms with van der Waals surface area (Å²) in [6.07, 6.45) is 3.93. The zero-order valence-corrected chi connectivity index (χ0v) is 8.30. The van der Waals surface area contributed by atoms with Crippen LogP contribution in [0.25, 0.3) is 0 Å². The number of rotatable bonds is 3. The van der Waals surface area contributed by atoms with Crippen molar-refractivity contribution in [1.82, 2.24) is 0 Å². The van der Waals surface area contributed by atoms with Crippen molar-refractivity contribution in [3.63, 3.8) is 0 Å². The number of phenols is 1. The van der Waals surface area contributed by atoms with Crippen molar-refractivity contribution in [2.75, 3.05) is 0 Å². The summed E-state index contributed by atoms with van der Waals surface area (Å²) >= 11 is 0. The predicted octanol–water partition coefficient (Wildman–Crippen LogP) is 3.13. The Morgan fingerprint density at radius 1 is 1.31 bits per heavy atom. The summed E-state index contributed by atoms with van der Waals surface area (Å²) in [6.45, 7) is 7.77. The fourth-order valence-electron chi connectivity index (χ4n) is 1.61. The molecule has 1 aromatic rings. The van der Waals surface area contributed by atoms with E-state index < -0.39 is 0 Å². The van der Waals surface area contributed by atoms with Crippen molar-refractivity contribution in [3.05, 3.63) is 41.5 Å². The average Bonchev–Trinajstić information content (AvgIpc) is 2.02. The van der Waals surface area contributed by atoms with Gasteiger partial charge >= 0.3 is 0 Å². The van der Waals surface area contributed by atoms with Gasteiger partial charge in [-0.1, -0.05) is 6.08 Å². The molecule has 1 rings (SSSR count). The molecule has 13 heavy (non-hydrogen) atoms. The second-order valence-electron chi connectivity index (χ2n) is 3.39. The number of phenolic OH excluding ortho intramolecular Hbond substituents is 1. The Hall–Kier alpha value is -1.24. The highest BCUT2D eigenvalue weighted by molar-refractivity contribution is 5.40. The predicted molar refractivity (Wildman–Crippen MR) is 56.1 cm³/mol. The van der Waals surface area contributed by atoms with Crippen LogP contribution < -0.4 is 0 Å². The molecule has 0 radical (unpaired) electrons. The fraction of sp³-hybridized carbons (Fsp3) is 0.333. The number of allylic oxidation sites excluding steroid dienone is 1. The van der Waals surface area contributed by atoms with Crippen molar-refractivity contribution in [1.29, 1.82) is 0 Å². The first-order valence-corrected chi connectivity index (χ1v) is 4.55. The molecule has 0 aliphatic rings. The normalized spacial score (nSPS) is 10.0. The molecule has 0 bridgehead atoms. The van der Waals surface area contributed by atoms with Gasteiger partial charge < -0.3 is 5.11 Å². The second kappa shape index (κ2) is 4.13. The van der Waals surface area contributed by atoms with Gasteiger partial charge in [0.1, 0.15) is 5.75 Å². The van der Waals surface area contributed by atoms with Crippen LogP contribution in [0.3, 0.4) is 0 Å². The molecule has 0 unspecified atom stereocenters. The van der Waals surface area contributed by atoms with Crippen LogP contribution in [0.5, 0.6) is 5.75 Å². The van der Waals surface area contributed by atoms with Crippen LogP contribution in [0, 0.1) is 13.8 Å². The highest BCUT2D eigenvalue weighted by Crippen LogP contribution is 2.21. The zero-order chi connectivity index (χ0) is 9.84. The maximum absolute atomic E-state index is 9.32. The lowest BCUT2D eigenvalue weighted by Gasteiger charge is -2.08. The van der Waals surface area contributed by atoms with E-state index in [1.54, 1.807) is 0 Å². The summed E-state index contributed by atoms with van der Waals surface area (Å²) in [7, 11) is 0. The molecule has 0 amide bonds. The van der Waals surface area contributed by atoms with Gasteiger partial charge in [-0.05, 0) is 55.5 Å². The van der Waals surface area contributed by atoms with Crippen LogP contribution in [-0.4, -0.2) is 5.11 Å². The SMILES string of the molecule is C=CCCc1c(C)cc(O)cc1C. The number of aryl methyl sites for hydroxylation is 2. The Bertz CT molecular complexity index is 290. The Balaban J connectivity index is 2.98. The minimum atomic E-state index is 0.359. The van der Waals surface area contributed by atoms with Gasteiger partial charge in [-0.2, -0.15) is 0 Å². The number of benzene rings is 1. The first-order valence-electron chi connectivity index (χ1n) is 4.55. The van der Waals surface area contributed by atoms with Gasteiger partial charge in [0.25, 0.3) is 0 Å². The van der Waals surface area contributed by atoms with Gasteiger partial charge in [-0.3, -0.25) is 0 Å². The molecular formula is C12H16O. The molecule has 0 atom stereocenters. The van der Waals surface area contributed by atoms with E-state index in [1.165, 1.54) is 16.7 Å². The standard InChI is InChI=1S/C12H16O/c1-4-5-6-12-9(2)7-11(13)8-10(12)3/h4,7-8,13H,1,5-6H2,2-3H3. The van der Waals surface area contributed by atoms with E-state index in [0.717, 1.165) is 12.8 Å². The lowest BCUT2D eigenvalue weighted by atomic mass is 9.98. The average molecular weight is 176 g/mol. The van der Waals surface area contributed by atoms with Gasteiger partial charge in [-0.25, -0.2) is 0 Å². The first-order chi connectivity index (χ1) is 6.15. The van der Waals surface area contributed by atoms with Gasteiger partial charge in [0.2, 0.25) is 0 Å². The van der Waals surface area contributed by atoms with Gasteiger partial charge in [0, 0.05) is 0 Å². The van der Waals surface area contributed by atoms with Gasteiger partial charge in [0.05, 0.1) is 0 Å². The van der Waals surface area contributed by atoms with E-state index in [2.05, 4.69) is 6.58 Å². The maximum Gasteiger partial charge on any atom is 0.116 e. The Morgan fingerprint density at radius 2 is 1.85 bits per heavy atom.